The Morgan fingerprint density at radius 3 is 2.87 bits per heavy atom. The number of hydrogen-bond acceptors (Lipinski definition) is 5. The highest BCUT2D eigenvalue weighted by Gasteiger charge is 2.04. The summed E-state index contributed by atoms with van der Waals surface area (Å²) < 4.78 is 5.62. The monoisotopic (exact) mass is 330 g/mol. The van der Waals surface area contributed by atoms with Gasteiger partial charge in [-0.15, -0.1) is 0 Å². The van der Waals surface area contributed by atoms with E-state index < -0.39 is 0 Å². The summed E-state index contributed by atoms with van der Waals surface area (Å²) in [5.74, 6) is 0.600. The van der Waals surface area contributed by atoms with Gasteiger partial charge in [0, 0.05) is 30.4 Å². The van der Waals surface area contributed by atoms with Gasteiger partial charge in [-0.3, -0.25) is 0 Å². The average molecular weight is 331 g/mol. The van der Waals surface area contributed by atoms with E-state index in [1.54, 1.807) is 24.4 Å². The number of likely N-dealkylation sites (N-methyl/N-ethyl adjacent to an activating group) is 1. The zero-order valence-electron chi connectivity index (χ0n) is 13.2. The summed E-state index contributed by atoms with van der Waals surface area (Å²) in [7, 11) is 3.99. The van der Waals surface area contributed by atoms with Gasteiger partial charge in [-0.1, -0.05) is 11.6 Å². The van der Waals surface area contributed by atoms with Gasteiger partial charge in [-0.25, -0.2) is 4.98 Å². The largest absolute Gasteiger partial charge is 0.476 e. The smallest absolute Gasteiger partial charge is 0.213 e. The zero-order valence-corrected chi connectivity index (χ0v) is 14.0. The number of nitrogens with zero attached hydrogens (tertiary/aromatic N) is 3. The molecule has 120 valence electrons. The lowest BCUT2D eigenvalue weighted by Gasteiger charge is -2.12. The van der Waals surface area contributed by atoms with Crippen LogP contribution in [0.15, 0.2) is 36.5 Å². The molecule has 1 N–H and O–H groups in total. The summed E-state index contributed by atoms with van der Waals surface area (Å²) in [6.45, 7) is 2.00. The molecule has 1 aromatic carbocycles. The SMILES string of the molecule is CN(C)CCOc1cc(CNc2ccc(Cl)cc2C#N)ccn1. The molecule has 0 amide bonds. The van der Waals surface area contributed by atoms with E-state index in [1.165, 1.54) is 0 Å². The quantitative estimate of drug-likeness (QED) is 0.845. The molecule has 0 saturated carbocycles. The second kappa shape index (κ2) is 8.37. The summed E-state index contributed by atoms with van der Waals surface area (Å²) in [4.78, 5) is 6.25. The first-order chi connectivity index (χ1) is 11.1. The second-order valence-electron chi connectivity index (χ2n) is 5.31. The van der Waals surface area contributed by atoms with Crippen molar-refractivity contribution in [3.63, 3.8) is 0 Å². The van der Waals surface area contributed by atoms with Gasteiger partial charge in [-0.2, -0.15) is 5.26 Å². The van der Waals surface area contributed by atoms with Crippen LogP contribution >= 0.6 is 11.6 Å². The number of pyridine rings is 1. The first-order valence-electron chi connectivity index (χ1n) is 7.24. The van der Waals surface area contributed by atoms with Gasteiger partial charge >= 0.3 is 0 Å². The summed E-state index contributed by atoms with van der Waals surface area (Å²) in [5.41, 5.74) is 2.30. The van der Waals surface area contributed by atoms with E-state index in [2.05, 4.69) is 21.3 Å². The molecule has 1 aromatic heterocycles. The number of nitrogens with one attached hydrogen (secondary N) is 1. The lowest BCUT2D eigenvalue weighted by molar-refractivity contribution is 0.253. The lowest BCUT2D eigenvalue weighted by Crippen LogP contribution is -2.19. The molecule has 0 aliphatic carbocycles. The number of ether oxygens (including phenoxy) is 1. The molecule has 0 aliphatic rings. The Hall–Kier alpha value is -2.29. The van der Waals surface area contributed by atoms with Crippen molar-refractivity contribution in [1.29, 1.82) is 5.26 Å². The Morgan fingerprint density at radius 1 is 1.30 bits per heavy atom. The Balaban J connectivity index is 1.97. The first-order valence-corrected chi connectivity index (χ1v) is 7.62. The minimum Gasteiger partial charge on any atom is -0.476 e. The van der Waals surface area contributed by atoms with Crippen molar-refractivity contribution in [3.8, 4) is 11.9 Å². The standard InChI is InChI=1S/C17H19ClN4O/c1-22(2)7-8-23-17-9-13(5-6-20-17)12-21-16-4-3-15(18)10-14(16)11-19/h3-6,9-10,21H,7-8,12H2,1-2H3. The van der Waals surface area contributed by atoms with Crippen molar-refractivity contribution in [2.24, 2.45) is 0 Å². The van der Waals surface area contributed by atoms with Crippen molar-refractivity contribution in [1.82, 2.24) is 9.88 Å². The summed E-state index contributed by atoms with van der Waals surface area (Å²) in [5, 5.41) is 12.9. The van der Waals surface area contributed by atoms with Gasteiger partial charge < -0.3 is 15.0 Å². The van der Waals surface area contributed by atoms with E-state index in [4.69, 9.17) is 21.6 Å². The van der Waals surface area contributed by atoms with Crippen LogP contribution in [0, 0.1) is 11.3 Å². The topological polar surface area (TPSA) is 61.2 Å². The maximum absolute atomic E-state index is 9.14. The van der Waals surface area contributed by atoms with Gasteiger partial charge in [0.2, 0.25) is 5.88 Å². The molecule has 2 aromatic rings. The van der Waals surface area contributed by atoms with Crippen LogP contribution < -0.4 is 10.1 Å². The number of anilines is 1. The fourth-order valence-electron chi connectivity index (χ4n) is 1.93. The third kappa shape index (κ3) is 5.44. The van der Waals surface area contributed by atoms with E-state index in [9.17, 15) is 0 Å². The molecule has 0 radical (unpaired) electrons. The first kappa shape index (κ1) is 17.1. The summed E-state index contributed by atoms with van der Waals surface area (Å²) >= 11 is 5.90. The Kier molecular flexibility index (Phi) is 6.21. The van der Waals surface area contributed by atoms with Gasteiger partial charge in [0.05, 0.1) is 11.3 Å². The molecule has 0 saturated heterocycles. The fraction of sp³-hybridized carbons (Fsp3) is 0.294. The number of hydrogen-bond donors (Lipinski definition) is 1. The van der Waals surface area contributed by atoms with Crippen molar-refractivity contribution in [2.75, 3.05) is 32.6 Å². The molecule has 0 aliphatic heterocycles. The van der Waals surface area contributed by atoms with E-state index in [0.717, 1.165) is 17.8 Å². The zero-order chi connectivity index (χ0) is 16.7. The normalized spacial score (nSPS) is 10.4. The van der Waals surface area contributed by atoms with Crippen LogP contribution in [0.25, 0.3) is 0 Å². The number of nitriles is 1. The molecule has 5 nitrogen and oxygen atoms in total. The van der Waals surface area contributed by atoms with Gasteiger partial charge in [0.25, 0.3) is 0 Å². The third-order valence-corrected chi connectivity index (χ3v) is 3.41. The molecule has 2 rings (SSSR count). The average Bonchev–Trinajstić information content (AvgIpc) is 2.53. The Morgan fingerprint density at radius 2 is 2.13 bits per heavy atom. The maximum atomic E-state index is 9.14. The molecule has 0 bridgehead atoms. The lowest BCUT2D eigenvalue weighted by atomic mass is 10.2. The number of benzene rings is 1. The highest BCUT2D eigenvalue weighted by Crippen LogP contribution is 2.21. The van der Waals surface area contributed by atoms with Crippen LogP contribution in [-0.4, -0.2) is 37.1 Å². The van der Waals surface area contributed by atoms with Crippen molar-refractivity contribution in [3.05, 3.63) is 52.7 Å². The minimum absolute atomic E-state index is 0.522. The molecule has 0 fully saturated rings. The Bertz CT molecular complexity index is 697. The molecular formula is C17H19ClN4O. The third-order valence-electron chi connectivity index (χ3n) is 3.17. The highest BCUT2D eigenvalue weighted by molar-refractivity contribution is 6.30. The van der Waals surface area contributed by atoms with Crippen molar-refractivity contribution >= 4 is 17.3 Å². The van der Waals surface area contributed by atoms with Crippen molar-refractivity contribution in [2.45, 2.75) is 6.54 Å². The maximum Gasteiger partial charge on any atom is 0.213 e. The van der Waals surface area contributed by atoms with E-state index in [1.807, 2.05) is 26.2 Å². The van der Waals surface area contributed by atoms with Gasteiger partial charge in [0.15, 0.2) is 0 Å². The summed E-state index contributed by atoms with van der Waals surface area (Å²) in [6.07, 6.45) is 1.72. The van der Waals surface area contributed by atoms with Gasteiger partial charge in [0.1, 0.15) is 12.7 Å². The van der Waals surface area contributed by atoms with Crippen LogP contribution in [0.2, 0.25) is 5.02 Å². The predicted molar refractivity (Wildman–Crippen MR) is 91.8 cm³/mol. The molecule has 23 heavy (non-hydrogen) atoms. The van der Waals surface area contributed by atoms with Crippen LogP contribution in [0.3, 0.4) is 0 Å². The fourth-order valence-corrected chi connectivity index (χ4v) is 2.10. The van der Waals surface area contributed by atoms with Crippen LogP contribution in [0.1, 0.15) is 11.1 Å². The second-order valence-corrected chi connectivity index (χ2v) is 5.75. The molecule has 0 spiro atoms. The highest BCUT2D eigenvalue weighted by atomic mass is 35.5. The molecular weight excluding hydrogens is 312 g/mol. The predicted octanol–water partition coefficient (Wildman–Crippen LogP) is 3.16. The van der Waals surface area contributed by atoms with Gasteiger partial charge in [-0.05, 0) is 43.9 Å². The Labute approximate surface area is 141 Å². The number of rotatable bonds is 7. The number of halogens is 1. The number of aromatic nitrogens is 1. The molecule has 0 atom stereocenters. The molecule has 6 heteroatoms. The molecule has 1 heterocycles. The van der Waals surface area contributed by atoms with E-state index in [0.29, 0.717) is 29.6 Å². The van der Waals surface area contributed by atoms with E-state index >= 15 is 0 Å². The van der Waals surface area contributed by atoms with Crippen LogP contribution in [-0.2, 0) is 6.54 Å². The van der Waals surface area contributed by atoms with Crippen LogP contribution in [0.4, 0.5) is 5.69 Å². The van der Waals surface area contributed by atoms with Crippen LogP contribution in [0.5, 0.6) is 5.88 Å². The minimum atomic E-state index is 0.522. The molecule has 0 unspecified atom stereocenters. The van der Waals surface area contributed by atoms with E-state index in [-0.39, 0.29) is 0 Å². The van der Waals surface area contributed by atoms with Crippen molar-refractivity contribution < 1.29 is 4.74 Å². The summed E-state index contributed by atoms with van der Waals surface area (Å²) in [6, 6.07) is 11.1.